The molecule has 0 heterocycles. The van der Waals surface area contributed by atoms with E-state index in [1.54, 1.807) is 0 Å². The van der Waals surface area contributed by atoms with Gasteiger partial charge in [-0.1, -0.05) is 12.1 Å². The van der Waals surface area contributed by atoms with E-state index in [-0.39, 0.29) is 0 Å². The maximum absolute atomic E-state index is 12.0. The Hall–Kier alpha value is -2.10. The van der Waals surface area contributed by atoms with Gasteiger partial charge >= 0.3 is 11.9 Å². The summed E-state index contributed by atoms with van der Waals surface area (Å²) in [6.07, 6.45) is 4.27. The minimum atomic E-state index is -0.443. The molecular formula is C17H18O4. The van der Waals surface area contributed by atoms with Crippen molar-refractivity contribution in [3.05, 3.63) is 45.5 Å². The smallest absolute Gasteiger partial charge is 0.334 e. The molecule has 0 unspecified atom stereocenters. The number of ether oxygens (including phenoxy) is 2. The van der Waals surface area contributed by atoms with Crippen molar-refractivity contribution in [2.24, 2.45) is 0 Å². The molecule has 0 aliphatic heterocycles. The van der Waals surface area contributed by atoms with Gasteiger partial charge in [0, 0.05) is 12.8 Å². The lowest BCUT2D eigenvalue weighted by Crippen LogP contribution is -2.22. The normalized spacial score (nSPS) is 16.3. The first-order valence-corrected chi connectivity index (χ1v) is 7.16. The van der Waals surface area contributed by atoms with Crippen LogP contribution in [0.25, 0.3) is 0 Å². The molecule has 0 amide bonds. The summed E-state index contributed by atoms with van der Waals surface area (Å²) < 4.78 is 9.64. The zero-order valence-electron chi connectivity index (χ0n) is 12.3. The predicted molar refractivity (Wildman–Crippen MR) is 76.9 cm³/mol. The average molecular weight is 286 g/mol. The molecule has 1 aromatic rings. The zero-order valence-corrected chi connectivity index (χ0v) is 12.3. The topological polar surface area (TPSA) is 52.6 Å². The van der Waals surface area contributed by atoms with Crippen molar-refractivity contribution in [1.82, 2.24) is 0 Å². The summed E-state index contributed by atoms with van der Waals surface area (Å²) in [7, 11) is 2.67. The second kappa shape index (κ2) is 5.35. The van der Waals surface area contributed by atoms with Crippen molar-refractivity contribution < 1.29 is 19.1 Å². The average Bonchev–Trinajstić information content (AvgIpc) is 2.96. The van der Waals surface area contributed by atoms with Gasteiger partial charge in [0.1, 0.15) is 0 Å². The van der Waals surface area contributed by atoms with Gasteiger partial charge in [0.2, 0.25) is 0 Å². The Morgan fingerprint density at radius 1 is 0.810 bits per heavy atom. The van der Waals surface area contributed by atoms with Crippen molar-refractivity contribution in [3.63, 3.8) is 0 Å². The largest absolute Gasteiger partial charge is 0.466 e. The fourth-order valence-corrected chi connectivity index (χ4v) is 3.29. The van der Waals surface area contributed by atoms with Crippen LogP contribution >= 0.6 is 0 Å². The molecule has 0 N–H and O–H groups in total. The van der Waals surface area contributed by atoms with Crippen molar-refractivity contribution in [2.75, 3.05) is 14.2 Å². The molecule has 3 rings (SSSR count). The molecule has 0 aromatic heterocycles. The number of aryl methyl sites for hydroxylation is 2. The van der Waals surface area contributed by atoms with Crippen LogP contribution in [0, 0.1) is 0 Å². The van der Waals surface area contributed by atoms with E-state index in [0.717, 1.165) is 24.0 Å². The first-order chi connectivity index (χ1) is 10.1. The number of fused-ring (bicyclic) bond motifs is 2. The first kappa shape index (κ1) is 13.9. The lowest BCUT2D eigenvalue weighted by molar-refractivity contribution is -0.139. The Morgan fingerprint density at radius 3 is 1.62 bits per heavy atom. The molecule has 110 valence electrons. The standard InChI is InChI=1S/C17H18O4/c1-20-16(18)14-8-12-6-10-4-3-5-11(10)7-13(12)9-15(14)17(19)21-2/h6-7H,3-5,8-9H2,1-2H3. The number of esters is 2. The molecule has 21 heavy (non-hydrogen) atoms. The third kappa shape index (κ3) is 2.35. The summed E-state index contributed by atoms with van der Waals surface area (Å²) in [6.45, 7) is 0. The van der Waals surface area contributed by atoms with Crippen molar-refractivity contribution in [1.29, 1.82) is 0 Å². The molecule has 0 saturated heterocycles. The lowest BCUT2D eigenvalue weighted by atomic mass is 9.84. The Morgan fingerprint density at radius 2 is 1.24 bits per heavy atom. The molecular weight excluding hydrogens is 268 g/mol. The molecule has 4 nitrogen and oxygen atoms in total. The number of hydrogen-bond acceptors (Lipinski definition) is 4. The van der Waals surface area contributed by atoms with Crippen LogP contribution < -0.4 is 0 Å². The van der Waals surface area contributed by atoms with E-state index >= 15 is 0 Å². The number of carbonyl (C=O) groups is 2. The van der Waals surface area contributed by atoms with Crippen LogP contribution in [-0.2, 0) is 44.7 Å². The maximum Gasteiger partial charge on any atom is 0.334 e. The highest BCUT2D eigenvalue weighted by molar-refractivity contribution is 6.01. The van der Waals surface area contributed by atoms with Crippen molar-refractivity contribution >= 4 is 11.9 Å². The first-order valence-electron chi connectivity index (χ1n) is 7.16. The van der Waals surface area contributed by atoms with Crippen molar-refractivity contribution in [3.8, 4) is 0 Å². The Kier molecular flexibility index (Phi) is 3.53. The highest BCUT2D eigenvalue weighted by atomic mass is 16.5. The highest BCUT2D eigenvalue weighted by Gasteiger charge is 2.29. The van der Waals surface area contributed by atoms with E-state index in [0.29, 0.717) is 24.0 Å². The minimum Gasteiger partial charge on any atom is -0.466 e. The van der Waals surface area contributed by atoms with Crippen molar-refractivity contribution in [2.45, 2.75) is 32.1 Å². The molecule has 0 saturated carbocycles. The van der Waals surface area contributed by atoms with E-state index in [4.69, 9.17) is 9.47 Å². The molecule has 0 radical (unpaired) electrons. The summed E-state index contributed by atoms with van der Waals surface area (Å²) in [4.78, 5) is 23.9. The quantitative estimate of drug-likeness (QED) is 0.779. The fourth-order valence-electron chi connectivity index (χ4n) is 3.29. The van der Waals surface area contributed by atoms with Crippen LogP contribution in [0.3, 0.4) is 0 Å². The Labute approximate surface area is 123 Å². The Balaban J connectivity index is 2.04. The lowest BCUT2D eigenvalue weighted by Gasteiger charge is -2.21. The number of methoxy groups -OCH3 is 2. The number of benzene rings is 1. The van der Waals surface area contributed by atoms with Crippen LogP contribution in [0.5, 0.6) is 0 Å². The SMILES string of the molecule is COC(=O)C1=C(C(=O)OC)Cc2cc3c(cc2C1)CCC3. The predicted octanol–water partition coefficient (Wildman–Crippen LogP) is 1.92. The highest BCUT2D eigenvalue weighted by Crippen LogP contribution is 2.33. The summed E-state index contributed by atoms with van der Waals surface area (Å²) in [6, 6.07) is 4.38. The molecule has 4 heteroatoms. The monoisotopic (exact) mass is 286 g/mol. The number of hydrogen-bond donors (Lipinski definition) is 0. The second-order valence-electron chi connectivity index (χ2n) is 5.54. The summed E-state index contributed by atoms with van der Waals surface area (Å²) in [5, 5.41) is 0. The second-order valence-corrected chi connectivity index (χ2v) is 5.54. The van der Waals surface area contributed by atoms with Gasteiger partial charge in [-0.05, 0) is 41.5 Å². The molecule has 0 spiro atoms. The van der Waals surface area contributed by atoms with Gasteiger partial charge in [0.05, 0.1) is 25.4 Å². The molecule has 2 aliphatic rings. The van der Waals surface area contributed by atoms with Gasteiger partial charge in [-0.15, -0.1) is 0 Å². The molecule has 2 aliphatic carbocycles. The Bertz CT molecular complexity index is 600. The van der Waals surface area contributed by atoms with Crippen LogP contribution in [0.4, 0.5) is 0 Å². The molecule has 1 aromatic carbocycles. The number of rotatable bonds is 2. The fraction of sp³-hybridized carbons (Fsp3) is 0.412. The van der Waals surface area contributed by atoms with E-state index in [1.807, 2.05) is 0 Å². The van der Waals surface area contributed by atoms with Gasteiger partial charge < -0.3 is 9.47 Å². The molecule has 0 bridgehead atoms. The van der Waals surface area contributed by atoms with Gasteiger partial charge in [0.15, 0.2) is 0 Å². The number of carbonyl (C=O) groups excluding carboxylic acids is 2. The summed E-state index contributed by atoms with van der Waals surface area (Å²) in [5.74, 6) is -0.886. The maximum atomic E-state index is 12.0. The van der Waals surface area contributed by atoms with Crippen LogP contribution in [0.1, 0.15) is 28.7 Å². The minimum absolute atomic E-state index is 0.426. The van der Waals surface area contributed by atoms with E-state index in [2.05, 4.69) is 12.1 Å². The third-order valence-corrected chi connectivity index (χ3v) is 4.38. The van der Waals surface area contributed by atoms with Gasteiger partial charge in [0.25, 0.3) is 0 Å². The summed E-state index contributed by atoms with van der Waals surface area (Å²) in [5.41, 5.74) is 5.86. The van der Waals surface area contributed by atoms with E-state index in [1.165, 1.54) is 31.8 Å². The summed E-state index contributed by atoms with van der Waals surface area (Å²) >= 11 is 0. The van der Waals surface area contributed by atoms with E-state index < -0.39 is 11.9 Å². The zero-order chi connectivity index (χ0) is 15.0. The van der Waals surface area contributed by atoms with Crippen LogP contribution in [-0.4, -0.2) is 26.2 Å². The molecule has 0 atom stereocenters. The molecule has 0 fully saturated rings. The van der Waals surface area contributed by atoms with Gasteiger partial charge in [-0.2, -0.15) is 0 Å². The van der Waals surface area contributed by atoms with E-state index in [9.17, 15) is 9.59 Å². The third-order valence-electron chi connectivity index (χ3n) is 4.38. The van der Waals surface area contributed by atoms with Gasteiger partial charge in [-0.3, -0.25) is 0 Å². The van der Waals surface area contributed by atoms with Gasteiger partial charge in [-0.25, -0.2) is 9.59 Å². The van der Waals surface area contributed by atoms with Crippen LogP contribution in [0.2, 0.25) is 0 Å². The van der Waals surface area contributed by atoms with Crippen LogP contribution in [0.15, 0.2) is 23.3 Å².